The molecule has 6 rings (SSSR count). The molecule has 0 unspecified atom stereocenters. The lowest BCUT2D eigenvalue weighted by atomic mass is 9.73. The molecule has 2 fully saturated rings. The van der Waals surface area contributed by atoms with Crippen LogP contribution in [0.3, 0.4) is 0 Å². The predicted octanol–water partition coefficient (Wildman–Crippen LogP) is 3.59. The zero-order chi connectivity index (χ0) is 27.3. The zero-order valence-corrected chi connectivity index (χ0v) is 22.9. The number of likely N-dealkylation sites (tertiary alicyclic amines) is 2. The van der Waals surface area contributed by atoms with Gasteiger partial charge in [-0.1, -0.05) is 12.1 Å². The van der Waals surface area contributed by atoms with E-state index in [1.165, 1.54) is 0 Å². The average Bonchev–Trinajstić information content (AvgIpc) is 3.48. The number of hydrogen-bond acceptors (Lipinski definition) is 8. The van der Waals surface area contributed by atoms with Crippen molar-refractivity contribution in [1.82, 2.24) is 9.80 Å². The summed E-state index contributed by atoms with van der Waals surface area (Å²) < 4.78 is 10.4. The van der Waals surface area contributed by atoms with Gasteiger partial charge in [0.2, 0.25) is 0 Å². The first kappa shape index (κ1) is 26.4. The number of aliphatic hydroxyl groups excluding tert-OH is 2. The van der Waals surface area contributed by atoms with Crippen molar-refractivity contribution in [3.8, 4) is 0 Å². The minimum Gasteiger partial charge on any atom is -0.457 e. The Kier molecular flexibility index (Phi) is 7.00. The molecule has 2 atom stereocenters. The number of aliphatic hydroxyl groups is 2. The number of rotatable bonds is 6. The Morgan fingerprint density at radius 1 is 0.769 bits per heavy atom. The molecule has 4 aliphatic heterocycles. The smallest absolute Gasteiger partial charge is 0.338 e. The van der Waals surface area contributed by atoms with Crippen LogP contribution in [0.25, 0.3) is 0 Å². The van der Waals surface area contributed by atoms with Crippen LogP contribution in [0.5, 0.6) is 0 Å². The largest absolute Gasteiger partial charge is 0.457 e. The van der Waals surface area contributed by atoms with E-state index >= 15 is 0 Å². The normalized spacial score (nSPS) is 22.4. The standard InChI is InChI=1S/C31H38N2O6/c1-19-21(5-7-23-25(19)15-38-29(23)36)27(34)13-32-11-3-9-31(17-32)10-4-12-33(18-31)14-28(35)22-6-8-24-26(20(22)2)16-39-30(24)37/h5-8,27-28,34-35H,3-4,9-18H2,1-2H3/t27-,28-,31?/m0/s1. The van der Waals surface area contributed by atoms with Gasteiger partial charge in [0.15, 0.2) is 0 Å². The number of fused-ring (bicyclic) bond motifs is 2. The summed E-state index contributed by atoms with van der Waals surface area (Å²) >= 11 is 0. The van der Waals surface area contributed by atoms with Crippen molar-refractivity contribution in [2.24, 2.45) is 5.41 Å². The van der Waals surface area contributed by atoms with E-state index in [-0.39, 0.29) is 30.6 Å². The summed E-state index contributed by atoms with van der Waals surface area (Å²) in [7, 11) is 0. The van der Waals surface area contributed by atoms with Crippen molar-refractivity contribution in [3.63, 3.8) is 0 Å². The highest BCUT2D eigenvalue weighted by atomic mass is 16.5. The fourth-order valence-corrected chi connectivity index (χ4v) is 7.41. The number of cyclic esters (lactones) is 2. The number of benzene rings is 2. The second kappa shape index (κ2) is 10.3. The predicted molar refractivity (Wildman–Crippen MR) is 144 cm³/mol. The summed E-state index contributed by atoms with van der Waals surface area (Å²) in [5.74, 6) is -0.566. The highest BCUT2D eigenvalue weighted by molar-refractivity contribution is 5.94. The minimum absolute atomic E-state index is 0.149. The first-order valence-electron chi connectivity index (χ1n) is 14.1. The Labute approximate surface area is 229 Å². The third kappa shape index (κ3) is 4.88. The van der Waals surface area contributed by atoms with Gasteiger partial charge in [-0.2, -0.15) is 0 Å². The van der Waals surface area contributed by atoms with Crippen LogP contribution < -0.4 is 0 Å². The van der Waals surface area contributed by atoms with Gasteiger partial charge in [0, 0.05) is 37.3 Å². The summed E-state index contributed by atoms with van der Waals surface area (Å²) in [4.78, 5) is 28.6. The summed E-state index contributed by atoms with van der Waals surface area (Å²) in [5.41, 5.74) is 6.81. The molecule has 0 radical (unpaired) electrons. The average molecular weight is 535 g/mol. The molecule has 0 aromatic heterocycles. The number of piperidine rings is 2. The Morgan fingerprint density at radius 3 is 1.64 bits per heavy atom. The molecular formula is C31H38N2O6. The molecule has 2 N–H and O–H groups in total. The van der Waals surface area contributed by atoms with Gasteiger partial charge in [-0.3, -0.25) is 9.80 Å². The Hall–Kier alpha value is -2.78. The lowest BCUT2D eigenvalue weighted by molar-refractivity contribution is -0.0152. The molecular weight excluding hydrogens is 496 g/mol. The molecule has 0 bridgehead atoms. The van der Waals surface area contributed by atoms with E-state index in [4.69, 9.17) is 9.47 Å². The Morgan fingerprint density at radius 2 is 1.21 bits per heavy atom. The number of hydrogen-bond donors (Lipinski definition) is 2. The molecule has 8 heteroatoms. The molecule has 0 saturated carbocycles. The van der Waals surface area contributed by atoms with Crippen LogP contribution >= 0.6 is 0 Å². The minimum atomic E-state index is -0.624. The second-order valence-corrected chi connectivity index (χ2v) is 12.0. The highest BCUT2D eigenvalue weighted by Gasteiger charge is 2.40. The lowest BCUT2D eigenvalue weighted by Crippen LogP contribution is -2.53. The van der Waals surface area contributed by atoms with E-state index in [2.05, 4.69) is 9.80 Å². The van der Waals surface area contributed by atoms with Crippen molar-refractivity contribution in [1.29, 1.82) is 0 Å². The maximum atomic E-state index is 11.9. The molecule has 208 valence electrons. The topological polar surface area (TPSA) is 99.5 Å². The van der Waals surface area contributed by atoms with Crippen LogP contribution in [-0.2, 0) is 22.7 Å². The maximum absolute atomic E-state index is 11.9. The lowest BCUT2D eigenvalue weighted by Gasteiger charge is -2.49. The number of esters is 2. The highest BCUT2D eigenvalue weighted by Crippen LogP contribution is 2.40. The third-order valence-corrected chi connectivity index (χ3v) is 9.48. The van der Waals surface area contributed by atoms with Crippen molar-refractivity contribution in [2.75, 3.05) is 39.3 Å². The molecule has 4 aliphatic rings. The Bertz CT molecular complexity index is 1210. The van der Waals surface area contributed by atoms with E-state index < -0.39 is 12.2 Å². The van der Waals surface area contributed by atoms with Gasteiger partial charge >= 0.3 is 11.9 Å². The molecule has 2 saturated heterocycles. The van der Waals surface area contributed by atoms with Crippen molar-refractivity contribution in [3.05, 3.63) is 68.8 Å². The molecule has 8 nitrogen and oxygen atoms in total. The zero-order valence-electron chi connectivity index (χ0n) is 22.9. The van der Waals surface area contributed by atoms with Crippen molar-refractivity contribution >= 4 is 11.9 Å². The number of nitrogens with zero attached hydrogens (tertiary/aromatic N) is 2. The third-order valence-electron chi connectivity index (χ3n) is 9.48. The van der Waals surface area contributed by atoms with Gasteiger partial charge in [0.1, 0.15) is 13.2 Å². The molecule has 0 aliphatic carbocycles. The van der Waals surface area contributed by atoms with E-state index in [0.29, 0.717) is 24.2 Å². The van der Waals surface area contributed by atoms with Gasteiger partial charge in [0.05, 0.1) is 23.3 Å². The van der Waals surface area contributed by atoms with Gasteiger partial charge in [-0.15, -0.1) is 0 Å². The molecule has 1 spiro atoms. The second-order valence-electron chi connectivity index (χ2n) is 12.0. The van der Waals surface area contributed by atoms with Crippen LogP contribution in [0.15, 0.2) is 24.3 Å². The van der Waals surface area contributed by atoms with E-state index in [9.17, 15) is 19.8 Å². The van der Waals surface area contributed by atoms with E-state index in [0.717, 1.165) is 85.2 Å². The van der Waals surface area contributed by atoms with Gasteiger partial charge in [0.25, 0.3) is 0 Å². The number of β-amino-alcohol motifs (C(OH)–C–C–N with tert-alkyl or cyclic N) is 2. The van der Waals surface area contributed by atoms with Gasteiger partial charge in [-0.05, 0) is 92.4 Å². The maximum Gasteiger partial charge on any atom is 0.338 e. The number of carbonyl (C=O) groups excluding carboxylic acids is 2. The number of ether oxygens (including phenoxy) is 2. The summed E-state index contributed by atoms with van der Waals surface area (Å²) in [6.07, 6.45) is 3.24. The molecule has 39 heavy (non-hydrogen) atoms. The quantitative estimate of drug-likeness (QED) is 0.543. The molecule has 4 heterocycles. The monoisotopic (exact) mass is 534 g/mol. The van der Waals surface area contributed by atoms with E-state index in [1.807, 2.05) is 26.0 Å². The first-order valence-corrected chi connectivity index (χ1v) is 14.1. The number of carbonyl (C=O) groups is 2. The van der Waals surface area contributed by atoms with Crippen molar-refractivity contribution in [2.45, 2.75) is 65.0 Å². The van der Waals surface area contributed by atoms with E-state index in [1.54, 1.807) is 12.1 Å². The fraction of sp³-hybridized carbons (Fsp3) is 0.548. The van der Waals surface area contributed by atoms with Crippen molar-refractivity contribution < 1.29 is 29.3 Å². The fourth-order valence-electron chi connectivity index (χ4n) is 7.41. The van der Waals surface area contributed by atoms with Gasteiger partial charge < -0.3 is 19.7 Å². The summed E-state index contributed by atoms with van der Waals surface area (Å²) in [6.45, 7) is 9.41. The molecule has 0 amide bonds. The SMILES string of the molecule is Cc1c([C@@H](O)CN2CCCC3(CCCN(C[C@H](O)c4ccc5c(c4C)COC5=O)C3)C2)ccc2c1COC2=O. The molecule has 2 aromatic carbocycles. The summed E-state index contributed by atoms with van der Waals surface area (Å²) in [6, 6.07) is 7.31. The van der Waals surface area contributed by atoms with Crippen LogP contribution in [0.4, 0.5) is 0 Å². The Balaban J connectivity index is 1.11. The van der Waals surface area contributed by atoms with Gasteiger partial charge in [-0.25, -0.2) is 9.59 Å². The molecule has 2 aromatic rings. The van der Waals surface area contributed by atoms with Crippen LogP contribution in [0.2, 0.25) is 0 Å². The first-order chi connectivity index (χ1) is 18.7. The van der Waals surface area contributed by atoms with Crippen LogP contribution in [0.1, 0.15) is 92.0 Å². The van der Waals surface area contributed by atoms with Crippen LogP contribution in [0, 0.1) is 19.3 Å². The summed E-state index contributed by atoms with van der Waals surface area (Å²) in [5, 5.41) is 22.4. The van der Waals surface area contributed by atoms with Crippen LogP contribution in [-0.4, -0.2) is 71.2 Å².